The minimum absolute atomic E-state index is 0.0650. The van der Waals surface area contributed by atoms with Crippen molar-refractivity contribution in [2.24, 2.45) is 0 Å². The van der Waals surface area contributed by atoms with Crippen LogP contribution >= 0.6 is 0 Å². The van der Waals surface area contributed by atoms with Crippen LogP contribution in [-0.4, -0.2) is 10.9 Å². The van der Waals surface area contributed by atoms with Gasteiger partial charge in [0.2, 0.25) is 5.91 Å². The Morgan fingerprint density at radius 1 is 1.25 bits per heavy atom. The van der Waals surface area contributed by atoms with E-state index < -0.39 is 0 Å². The van der Waals surface area contributed by atoms with Gasteiger partial charge >= 0.3 is 0 Å². The van der Waals surface area contributed by atoms with E-state index in [0.717, 1.165) is 12.8 Å². The second-order valence-corrected chi connectivity index (χ2v) is 3.93. The minimum atomic E-state index is 0.0650. The van der Waals surface area contributed by atoms with Crippen LogP contribution in [0.2, 0.25) is 0 Å². The van der Waals surface area contributed by atoms with Gasteiger partial charge in [0.15, 0.2) is 0 Å². The summed E-state index contributed by atoms with van der Waals surface area (Å²) in [6.07, 6.45) is 8.12. The van der Waals surface area contributed by atoms with Gasteiger partial charge in [0.05, 0.1) is 0 Å². The number of pyridine rings is 1. The van der Waals surface area contributed by atoms with Crippen LogP contribution in [0.15, 0.2) is 24.4 Å². The molecule has 3 nitrogen and oxygen atoms in total. The summed E-state index contributed by atoms with van der Waals surface area (Å²) < 4.78 is 0. The summed E-state index contributed by atoms with van der Waals surface area (Å²) in [5.41, 5.74) is 0. The fourth-order valence-corrected chi connectivity index (χ4v) is 1.53. The number of nitrogens with one attached hydrogen (secondary N) is 1. The van der Waals surface area contributed by atoms with Gasteiger partial charge in [0, 0.05) is 12.6 Å². The van der Waals surface area contributed by atoms with Crippen molar-refractivity contribution in [1.29, 1.82) is 0 Å². The number of hydrogen-bond donors (Lipinski definition) is 1. The van der Waals surface area contributed by atoms with Crippen LogP contribution in [0.25, 0.3) is 0 Å². The largest absolute Gasteiger partial charge is 0.311 e. The number of amides is 1. The molecule has 0 unspecified atom stereocenters. The molecule has 0 spiro atoms. The first-order chi connectivity index (χ1) is 7.83. The molecule has 0 radical (unpaired) electrons. The molecule has 0 aliphatic rings. The van der Waals surface area contributed by atoms with Gasteiger partial charge in [-0.1, -0.05) is 38.7 Å². The van der Waals surface area contributed by atoms with Crippen LogP contribution in [-0.2, 0) is 4.79 Å². The molecular weight excluding hydrogens is 200 g/mol. The van der Waals surface area contributed by atoms with Crippen LogP contribution in [0.5, 0.6) is 0 Å². The molecular formula is C13H20N2O. The van der Waals surface area contributed by atoms with E-state index in [-0.39, 0.29) is 5.91 Å². The van der Waals surface area contributed by atoms with Crippen molar-refractivity contribution in [3.8, 4) is 0 Å². The van der Waals surface area contributed by atoms with Crippen molar-refractivity contribution in [3.63, 3.8) is 0 Å². The van der Waals surface area contributed by atoms with Crippen molar-refractivity contribution in [2.45, 2.75) is 45.4 Å². The Morgan fingerprint density at radius 3 is 2.75 bits per heavy atom. The Morgan fingerprint density at radius 2 is 2.06 bits per heavy atom. The molecule has 0 saturated carbocycles. The monoisotopic (exact) mass is 220 g/mol. The maximum atomic E-state index is 11.5. The number of aromatic nitrogens is 1. The van der Waals surface area contributed by atoms with E-state index in [1.165, 1.54) is 19.3 Å². The summed E-state index contributed by atoms with van der Waals surface area (Å²) in [7, 11) is 0. The highest BCUT2D eigenvalue weighted by Crippen LogP contribution is 2.07. The zero-order valence-electron chi connectivity index (χ0n) is 9.91. The minimum Gasteiger partial charge on any atom is -0.311 e. The first kappa shape index (κ1) is 12.7. The predicted molar refractivity (Wildman–Crippen MR) is 66.2 cm³/mol. The molecule has 88 valence electrons. The van der Waals surface area contributed by atoms with Crippen molar-refractivity contribution < 1.29 is 4.79 Å². The molecule has 1 rings (SSSR count). The molecule has 0 fully saturated rings. The maximum Gasteiger partial charge on any atom is 0.225 e. The molecule has 1 aromatic heterocycles. The average Bonchev–Trinajstić information content (AvgIpc) is 2.30. The topological polar surface area (TPSA) is 42.0 Å². The van der Waals surface area contributed by atoms with Gasteiger partial charge < -0.3 is 5.32 Å². The van der Waals surface area contributed by atoms with E-state index in [2.05, 4.69) is 17.2 Å². The van der Waals surface area contributed by atoms with E-state index in [1.807, 2.05) is 12.1 Å². The lowest BCUT2D eigenvalue weighted by Crippen LogP contribution is -2.11. The van der Waals surface area contributed by atoms with Crippen LogP contribution in [0.3, 0.4) is 0 Å². The first-order valence-corrected chi connectivity index (χ1v) is 6.04. The van der Waals surface area contributed by atoms with Crippen LogP contribution < -0.4 is 5.32 Å². The molecule has 0 aliphatic heterocycles. The molecule has 0 aromatic carbocycles. The predicted octanol–water partition coefficient (Wildman–Crippen LogP) is 3.38. The van der Waals surface area contributed by atoms with E-state index in [0.29, 0.717) is 12.2 Å². The van der Waals surface area contributed by atoms with Gasteiger partial charge in [-0.3, -0.25) is 4.79 Å². The zero-order chi connectivity index (χ0) is 11.6. The fraction of sp³-hybridized carbons (Fsp3) is 0.538. The number of rotatable bonds is 7. The third-order valence-corrected chi connectivity index (χ3v) is 2.44. The van der Waals surface area contributed by atoms with E-state index in [9.17, 15) is 4.79 Å². The number of carbonyl (C=O) groups excluding carboxylic acids is 1. The summed E-state index contributed by atoms with van der Waals surface area (Å²) >= 11 is 0. The summed E-state index contributed by atoms with van der Waals surface area (Å²) in [4.78, 5) is 15.5. The average molecular weight is 220 g/mol. The van der Waals surface area contributed by atoms with Crippen molar-refractivity contribution >= 4 is 11.7 Å². The van der Waals surface area contributed by atoms with Gasteiger partial charge in [-0.15, -0.1) is 0 Å². The van der Waals surface area contributed by atoms with Crippen LogP contribution in [0.1, 0.15) is 45.4 Å². The number of nitrogens with zero attached hydrogens (tertiary/aromatic N) is 1. The lowest BCUT2D eigenvalue weighted by atomic mass is 10.1. The summed E-state index contributed by atoms with van der Waals surface area (Å²) in [6, 6.07) is 5.50. The lowest BCUT2D eigenvalue weighted by Gasteiger charge is -2.03. The third kappa shape index (κ3) is 5.49. The molecule has 3 heteroatoms. The summed E-state index contributed by atoms with van der Waals surface area (Å²) in [5.74, 6) is 0.705. The standard InChI is InChI=1S/C13H20N2O/c1-2-3-4-5-6-10-13(16)15-12-9-7-8-11-14-12/h7-9,11H,2-6,10H2,1H3,(H,14,15,16). The highest BCUT2D eigenvalue weighted by atomic mass is 16.1. The van der Waals surface area contributed by atoms with Gasteiger partial charge in [0.1, 0.15) is 5.82 Å². The third-order valence-electron chi connectivity index (χ3n) is 2.44. The molecule has 0 aliphatic carbocycles. The Labute approximate surface area is 97.3 Å². The number of hydrogen-bond acceptors (Lipinski definition) is 2. The van der Waals surface area contributed by atoms with Crippen molar-refractivity contribution in [2.75, 3.05) is 5.32 Å². The molecule has 1 heterocycles. The summed E-state index contributed by atoms with van der Waals surface area (Å²) in [5, 5.41) is 2.78. The second kappa shape index (κ2) is 7.85. The molecule has 0 atom stereocenters. The zero-order valence-corrected chi connectivity index (χ0v) is 9.91. The van der Waals surface area contributed by atoms with Gasteiger partial charge in [-0.2, -0.15) is 0 Å². The van der Waals surface area contributed by atoms with Crippen molar-refractivity contribution in [1.82, 2.24) is 4.98 Å². The van der Waals surface area contributed by atoms with Gasteiger partial charge in [0.25, 0.3) is 0 Å². The van der Waals surface area contributed by atoms with Gasteiger partial charge in [-0.25, -0.2) is 4.98 Å². The van der Waals surface area contributed by atoms with E-state index in [4.69, 9.17) is 0 Å². The Balaban J connectivity index is 2.12. The van der Waals surface area contributed by atoms with Crippen LogP contribution in [0.4, 0.5) is 5.82 Å². The fourth-order valence-electron chi connectivity index (χ4n) is 1.53. The quantitative estimate of drug-likeness (QED) is 0.716. The SMILES string of the molecule is CCCCCCCC(=O)Nc1ccccn1. The maximum absolute atomic E-state index is 11.5. The first-order valence-electron chi connectivity index (χ1n) is 6.04. The molecule has 16 heavy (non-hydrogen) atoms. The smallest absolute Gasteiger partial charge is 0.225 e. The highest BCUT2D eigenvalue weighted by Gasteiger charge is 2.01. The molecule has 0 bridgehead atoms. The van der Waals surface area contributed by atoms with E-state index in [1.54, 1.807) is 12.3 Å². The second-order valence-electron chi connectivity index (χ2n) is 3.93. The Bertz CT molecular complexity index is 298. The number of anilines is 1. The molecule has 1 aromatic rings. The Hall–Kier alpha value is -1.38. The molecule has 0 saturated heterocycles. The normalized spacial score (nSPS) is 10.1. The lowest BCUT2D eigenvalue weighted by molar-refractivity contribution is -0.116. The molecule has 1 amide bonds. The Kier molecular flexibility index (Phi) is 6.23. The van der Waals surface area contributed by atoms with E-state index >= 15 is 0 Å². The number of carbonyl (C=O) groups is 1. The van der Waals surface area contributed by atoms with Gasteiger partial charge in [-0.05, 0) is 18.6 Å². The number of unbranched alkanes of at least 4 members (excludes halogenated alkanes) is 4. The molecule has 1 N–H and O–H groups in total. The highest BCUT2D eigenvalue weighted by molar-refractivity contribution is 5.89. The van der Waals surface area contributed by atoms with Crippen molar-refractivity contribution in [3.05, 3.63) is 24.4 Å². The summed E-state index contributed by atoms with van der Waals surface area (Å²) in [6.45, 7) is 2.19. The van der Waals surface area contributed by atoms with Crippen LogP contribution in [0, 0.1) is 0 Å².